The standard InChI is InChI=1S/C12H9BrN2O5S/c13-8-3-1-6(20-8)11(17)14-5-9(16)15-10-4-2-7(21-10)12(18)19/h1-4H,5H2,(H,14,17)(H,15,16)(H,18,19). The number of thiophene rings is 1. The molecule has 21 heavy (non-hydrogen) atoms. The molecule has 0 saturated heterocycles. The van der Waals surface area contributed by atoms with Crippen molar-refractivity contribution in [3.63, 3.8) is 0 Å². The molecule has 0 radical (unpaired) electrons. The van der Waals surface area contributed by atoms with E-state index in [9.17, 15) is 14.4 Å². The van der Waals surface area contributed by atoms with Gasteiger partial charge in [-0.25, -0.2) is 4.79 Å². The number of halogens is 1. The van der Waals surface area contributed by atoms with Crippen LogP contribution in [0.3, 0.4) is 0 Å². The predicted molar refractivity (Wildman–Crippen MR) is 78.6 cm³/mol. The lowest BCUT2D eigenvalue weighted by atomic mass is 10.4. The zero-order valence-electron chi connectivity index (χ0n) is 10.4. The Labute approximate surface area is 131 Å². The quantitative estimate of drug-likeness (QED) is 0.744. The van der Waals surface area contributed by atoms with Crippen molar-refractivity contribution in [3.05, 3.63) is 39.6 Å². The van der Waals surface area contributed by atoms with Gasteiger partial charge in [-0.2, -0.15) is 0 Å². The predicted octanol–water partition coefficient (Wildman–Crippen LogP) is 2.17. The summed E-state index contributed by atoms with van der Waals surface area (Å²) in [5, 5.41) is 14.0. The topological polar surface area (TPSA) is 109 Å². The molecule has 0 bridgehead atoms. The van der Waals surface area contributed by atoms with E-state index >= 15 is 0 Å². The Morgan fingerprint density at radius 1 is 1.24 bits per heavy atom. The number of carbonyl (C=O) groups is 3. The maximum atomic E-state index is 11.6. The van der Waals surface area contributed by atoms with Crippen molar-refractivity contribution < 1.29 is 23.9 Å². The molecule has 0 fully saturated rings. The van der Waals surface area contributed by atoms with Gasteiger partial charge in [0.05, 0.1) is 11.5 Å². The number of hydrogen-bond donors (Lipinski definition) is 3. The van der Waals surface area contributed by atoms with E-state index in [4.69, 9.17) is 9.52 Å². The van der Waals surface area contributed by atoms with Gasteiger partial charge in [0.1, 0.15) is 4.88 Å². The van der Waals surface area contributed by atoms with E-state index in [1.807, 2.05) is 0 Å². The van der Waals surface area contributed by atoms with E-state index in [-0.39, 0.29) is 17.2 Å². The van der Waals surface area contributed by atoms with E-state index < -0.39 is 17.8 Å². The lowest BCUT2D eigenvalue weighted by Gasteiger charge is -2.03. The van der Waals surface area contributed by atoms with Gasteiger partial charge in [0.15, 0.2) is 10.4 Å². The fourth-order valence-electron chi connectivity index (χ4n) is 1.39. The Kier molecular flexibility index (Phi) is 4.76. The summed E-state index contributed by atoms with van der Waals surface area (Å²) in [5.74, 6) is -1.96. The summed E-state index contributed by atoms with van der Waals surface area (Å²) in [4.78, 5) is 34.1. The van der Waals surface area contributed by atoms with Gasteiger partial charge in [0, 0.05) is 0 Å². The van der Waals surface area contributed by atoms with Crippen LogP contribution in [0.25, 0.3) is 0 Å². The molecule has 0 atom stereocenters. The highest BCUT2D eigenvalue weighted by molar-refractivity contribution is 9.10. The number of rotatable bonds is 5. The minimum atomic E-state index is -1.06. The summed E-state index contributed by atoms with van der Waals surface area (Å²) >= 11 is 4.00. The van der Waals surface area contributed by atoms with Gasteiger partial charge < -0.3 is 20.2 Å². The molecule has 110 valence electrons. The van der Waals surface area contributed by atoms with Crippen molar-refractivity contribution in [3.8, 4) is 0 Å². The molecule has 0 aliphatic rings. The summed E-state index contributed by atoms with van der Waals surface area (Å²) in [7, 11) is 0. The number of nitrogens with one attached hydrogen (secondary N) is 2. The molecule has 2 amide bonds. The molecule has 0 unspecified atom stereocenters. The lowest BCUT2D eigenvalue weighted by molar-refractivity contribution is -0.115. The maximum Gasteiger partial charge on any atom is 0.345 e. The number of furan rings is 1. The van der Waals surface area contributed by atoms with Gasteiger partial charge in [0.2, 0.25) is 5.91 Å². The fraction of sp³-hybridized carbons (Fsp3) is 0.0833. The highest BCUT2D eigenvalue weighted by Crippen LogP contribution is 2.21. The summed E-state index contributed by atoms with van der Waals surface area (Å²) in [5.41, 5.74) is 0. The van der Waals surface area contributed by atoms with Crippen molar-refractivity contribution in [1.82, 2.24) is 5.32 Å². The van der Waals surface area contributed by atoms with E-state index in [0.717, 1.165) is 11.3 Å². The Balaban J connectivity index is 1.84. The number of carboxylic acid groups (broad SMARTS) is 1. The molecule has 3 N–H and O–H groups in total. The second kappa shape index (κ2) is 6.55. The normalized spacial score (nSPS) is 10.1. The third-order valence-electron chi connectivity index (χ3n) is 2.29. The SMILES string of the molecule is O=C(CNC(=O)c1ccc(Br)o1)Nc1ccc(C(=O)O)s1. The van der Waals surface area contributed by atoms with E-state index in [1.165, 1.54) is 18.2 Å². The summed E-state index contributed by atoms with van der Waals surface area (Å²) in [6.07, 6.45) is 0. The Bertz CT molecular complexity index is 693. The molecule has 7 nitrogen and oxygen atoms in total. The first kappa shape index (κ1) is 15.3. The van der Waals surface area contributed by atoms with Crippen LogP contribution in [0.4, 0.5) is 5.00 Å². The summed E-state index contributed by atoms with van der Waals surface area (Å²) in [6.45, 7) is -0.253. The molecule has 9 heteroatoms. The van der Waals surface area contributed by atoms with E-state index in [2.05, 4.69) is 26.6 Å². The first-order valence-corrected chi connectivity index (χ1v) is 7.23. The van der Waals surface area contributed by atoms with Crippen LogP contribution in [-0.2, 0) is 4.79 Å². The van der Waals surface area contributed by atoms with Crippen molar-refractivity contribution in [2.45, 2.75) is 0 Å². The third-order valence-corrected chi connectivity index (χ3v) is 3.70. The number of hydrogen-bond acceptors (Lipinski definition) is 5. The number of carbonyl (C=O) groups excluding carboxylic acids is 2. The number of aromatic carboxylic acids is 1. The zero-order valence-corrected chi connectivity index (χ0v) is 12.8. The lowest BCUT2D eigenvalue weighted by Crippen LogP contribution is -2.32. The highest BCUT2D eigenvalue weighted by Gasteiger charge is 2.13. The van der Waals surface area contributed by atoms with Gasteiger partial charge in [-0.1, -0.05) is 0 Å². The Hall–Kier alpha value is -2.13. The molecule has 2 aromatic heterocycles. The number of anilines is 1. The molecule has 0 aliphatic heterocycles. The van der Waals surface area contributed by atoms with Crippen LogP contribution in [0, 0.1) is 0 Å². The van der Waals surface area contributed by atoms with Gasteiger partial charge in [-0.05, 0) is 40.2 Å². The van der Waals surface area contributed by atoms with Crippen molar-refractivity contribution >= 4 is 50.1 Å². The Morgan fingerprint density at radius 3 is 2.57 bits per heavy atom. The average molecular weight is 373 g/mol. The van der Waals surface area contributed by atoms with Crippen LogP contribution >= 0.6 is 27.3 Å². The van der Waals surface area contributed by atoms with Crippen LogP contribution in [0.15, 0.2) is 33.4 Å². The van der Waals surface area contributed by atoms with Crippen LogP contribution in [0.1, 0.15) is 20.2 Å². The van der Waals surface area contributed by atoms with Crippen LogP contribution in [-0.4, -0.2) is 29.4 Å². The van der Waals surface area contributed by atoms with Crippen molar-refractivity contribution in [2.24, 2.45) is 0 Å². The smallest absolute Gasteiger partial charge is 0.345 e. The zero-order chi connectivity index (χ0) is 15.4. The number of carboxylic acids is 1. The van der Waals surface area contributed by atoms with Crippen LogP contribution in [0.5, 0.6) is 0 Å². The van der Waals surface area contributed by atoms with E-state index in [0.29, 0.717) is 9.67 Å². The summed E-state index contributed by atoms with van der Waals surface area (Å²) < 4.78 is 5.45. The second-order valence-corrected chi connectivity index (χ2v) is 5.67. The molecule has 0 saturated carbocycles. The molecule has 2 aromatic rings. The van der Waals surface area contributed by atoms with Crippen molar-refractivity contribution in [1.29, 1.82) is 0 Å². The maximum absolute atomic E-state index is 11.6. The minimum absolute atomic E-state index is 0.0824. The molecule has 2 rings (SSSR count). The fourth-order valence-corrected chi connectivity index (χ4v) is 2.45. The molecule has 2 heterocycles. The molecular formula is C12H9BrN2O5S. The molecule has 0 spiro atoms. The Morgan fingerprint density at radius 2 is 2.00 bits per heavy atom. The molecular weight excluding hydrogens is 364 g/mol. The second-order valence-electron chi connectivity index (χ2n) is 3.80. The summed E-state index contributed by atoms with van der Waals surface area (Å²) in [6, 6.07) is 5.91. The van der Waals surface area contributed by atoms with Gasteiger partial charge in [-0.15, -0.1) is 11.3 Å². The first-order valence-electron chi connectivity index (χ1n) is 5.62. The van der Waals surface area contributed by atoms with E-state index in [1.54, 1.807) is 6.07 Å². The van der Waals surface area contributed by atoms with Crippen LogP contribution < -0.4 is 10.6 Å². The largest absolute Gasteiger partial charge is 0.477 e. The van der Waals surface area contributed by atoms with Gasteiger partial charge in [-0.3, -0.25) is 9.59 Å². The molecule has 0 aliphatic carbocycles. The van der Waals surface area contributed by atoms with Gasteiger partial charge in [0.25, 0.3) is 5.91 Å². The molecule has 0 aromatic carbocycles. The third kappa shape index (κ3) is 4.17. The minimum Gasteiger partial charge on any atom is -0.477 e. The average Bonchev–Trinajstić information content (AvgIpc) is 3.05. The first-order chi connectivity index (χ1) is 9.95. The monoisotopic (exact) mass is 372 g/mol. The number of amides is 2. The van der Waals surface area contributed by atoms with Crippen molar-refractivity contribution in [2.75, 3.05) is 11.9 Å². The van der Waals surface area contributed by atoms with Crippen LogP contribution in [0.2, 0.25) is 0 Å². The van der Waals surface area contributed by atoms with Gasteiger partial charge >= 0.3 is 5.97 Å². The highest BCUT2D eigenvalue weighted by atomic mass is 79.9.